The summed E-state index contributed by atoms with van der Waals surface area (Å²) < 4.78 is 12.6. The first-order valence-corrected chi connectivity index (χ1v) is 14.0. The molecule has 0 aliphatic heterocycles. The van der Waals surface area contributed by atoms with Gasteiger partial charge in [0.25, 0.3) is 5.91 Å². The highest BCUT2D eigenvalue weighted by Crippen LogP contribution is 2.41. The van der Waals surface area contributed by atoms with Crippen LogP contribution in [0.4, 0.5) is 5.69 Å². The summed E-state index contributed by atoms with van der Waals surface area (Å²) in [5, 5.41) is 16.2. The van der Waals surface area contributed by atoms with Gasteiger partial charge in [-0.15, -0.1) is 0 Å². The van der Waals surface area contributed by atoms with E-state index in [1.165, 1.54) is 19.3 Å². The summed E-state index contributed by atoms with van der Waals surface area (Å²) in [7, 11) is 0. The van der Waals surface area contributed by atoms with Crippen LogP contribution < -0.4 is 15.4 Å². The molecule has 5 rings (SSSR count). The van der Waals surface area contributed by atoms with Gasteiger partial charge in [0.05, 0.1) is 12.5 Å². The summed E-state index contributed by atoms with van der Waals surface area (Å²) in [4.78, 5) is 23.1. The van der Waals surface area contributed by atoms with Crippen LogP contribution in [0.1, 0.15) is 71.8 Å². The van der Waals surface area contributed by atoms with Gasteiger partial charge < -0.3 is 24.9 Å². The number of carboxylic acid groups (broad SMARTS) is 1. The van der Waals surface area contributed by atoms with E-state index >= 15 is 0 Å². The fraction of sp³-hybridized carbons (Fsp3) is 0.333. The minimum atomic E-state index is -0.939. The van der Waals surface area contributed by atoms with E-state index in [1.54, 1.807) is 12.1 Å². The van der Waals surface area contributed by atoms with Crippen molar-refractivity contribution >= 4 is 28.5 Å². The van der Waals surface area contributed by atoms with Crippen molar-refractivity contribution in [3.63, 3.8) is 0 Å². The number of aryl methyl sites for hydroxylation is 1. The summed E-state index contributed by atoms with van der Waals surface area (Å²) in [6, 6.07) is 23.5. The van der Waals surface area contributed by atoms with Crippen LogP contribution in [-0.4, -0.2) is 23.5 Å². The SMILES string of the molecule is Cc1c(C(Nc2ccc(C(=O)NCCC(=O)O)cc2)C2CCCCC2)oc2ccc(OCc3ccccc3)cc12. The molecule has 0 spiro atoms. The molecule has 1 amide bonds. The lowest BCUT2D eigenvalue weighted by atomic mass is 9.82. The topological polar surface area (TPSA) is 101 Å². The van der Waals surface area contributed by atoms with Crippen LogP contribution in [0, 0.1) is 12.8 Å². The maximum absolute atomic E-state index is 12.4. The third-order valence-corrected chi connectivity index (χ3v) is 7.69. The zero-order valence-corrected chi connectivity index (χ0v) is 22.8. The zero-order valence-electron chi connectivity index (χ0n) is 22.8. The van der Waals surface area contributed by atoms with E-state index in [-0.39, 0.29) is 24.9 Å². The highest BCUT2D eigenvalue weighted by molar-refractivity contribution is 5.94. The Balaban J connectivity index is 1.35. The minimum absolute atomic E-state index is 0.00312. The van der Waals surface area contributed by atoms with E-state index < -0.39 is 5.97 Å². The molecular weight excluding hydrogens is 504 g/mol. The van der Waals surface area contributed by atoms with Crippen LogP contribution >= 0.6 is 0 Å². The second-order valence-electron chi connectivity index (χ2n) is 10.5. The molecule has 7 heteroatoms. The summed E-state index contributed by atoms with van der Waals surface area (Å²) >= 11 is 0. The van der Waals surface area contributed by atoms with Gasteiger partial charge in [0.15, 0.2) is 0 Å². The van der Waals surface area contributed by atoms with Crippen LogP contribution in [0.3, 0.4) is 0 Å². The summed E-state index contributed by atoms with van der Waals surface area (Å²) in [6.45, 7) is 2.72. The number of carbonyl (C=O) groups excluding carboxylic acids is 1. The number of furan rings is 1. The first kappa shape index (κ1) is 27.3. The standard InChI is InChI=1S/C33H36N2O5/c1-22-28-20-27(39-21-23-8-4-2-5-9-23)16-17-29(28)40-32(22)31(24-10-6-3-7-11-24)35-26-14-12-25(13-15-26)33(38)34-19-18-30(36)37/h2,4-5,8-9,12-17,20,24,31,35H,3,6-7,10-11,18-19,21H2,1H3,(H,34,38)(H,36,37). The predicted octanol–water partition coefficient (Wildman–Crippen LogP) is 7.26. The molecule has 1 aliphatic rings. The molecule has 4 aromatic rings. The monoisotopic (exact) mass is 540 g/mol. The molecule has 1 fully saturated rings. The van der Waals surface area contributed by atoms with Crippen LogP contribution in [-0.2, 0) is 11.4 Å². The van der Waals surface area contributed by atoms with Gasteiger partial charge in [-0.3, -0.25) is 9.59 Å². The first-order valence-electron chi connectivity index (χ1n) is 14.0. The van der Waals surface area contributed by atoms with Crippen LogP contribution in [0.2, 0.25) is 0 Å². The Morgan fingerprint density at radius 3 is 2.48 bits per heavy atom. The van der Waals surface area contributed by atoms with E-state index in [4.69, 9.17) is 14.3 Å². The smallest absolute Gasteiger partial charge is 0.305 e. The molecule has 1 heterocycles. The van der Waals surface area contributed by atoms with Crippen LogP contribution in [0.5, 0.6) is 5.75 Å². The van der Waals surface area contributed by atoms with Crippen molar-refractivity contribution in [3.05, 3.63) is 95.2 Å². The highest BCUT2D eigenvalue weighted by atomic mass is 16.5. The Hall–Kier alpha value is -4.26. The molecular formula is C33H36N2O5. The molecule has 0 radical (unpaired) electrons. The van der Waals surface area contributed by atoms with Crippen molar-refractivity contribution in [3.8, 4) is 5.75 Å². The van der Waals surface area contributed by atoms with Gasteiger partial charge in [-0.1, -0.05) is 49.6 Å². The zero-order chi connectivity index (χ0) is 27.9. The number of nitrogens with one attached hydrogen (secondary N) is 2. The largest absolute Gasteiger partial charge is 0.489 e. The Morgan fingerprint density at radius 1 is 1.00 bits per heavy atom. The number of carbonyl (C=O) groups is 2. The Labute approximate surface area is 234 Å². The van der Waals surface area contributed by atoms with Crippen molar-refractivity contribution in [1.29, 1.82) is 0 Å². The molecule has 3 aromatic carbocycles. The second-order valence-corrected chi connectivity index (χ2v) is 10.5. The fourth-order valence-corrected chi connectivity index (χ4v) is 5.49. The maximum atomic E-state index is 12.4. The number of hydrogen-bond donors (Lipinski definition) is 3. The van der Waals surface area contributed by atoms with E-state index in [2.05, 4.69) is 35.8 Å². The van der Waals surface area contributed by atoms with Crippen molar-refractivity contribution in [2.45, 2.75) is 58.1 Å². The summed E-state index contributed by atoms with van der Waals surface area (Å²) in [5.41, 5.74) is 4.48. The quantitative estimate of drug-likeness (QED) is 0.185. The molecule has 7 nitrogen and oxygen atoms in total. The number of benzene rings is 3. The number of anilines is 1. The van der Waals surface area contributed by atoms with Crippen LogP contribution in [0.25, 0.3) is 11.0 Å². The molecule has 1 aromatic heterocycles. The number of ether oxygens (including phenoxy) is 1. The number of rotatable bonds is 11. The highest BCUT2D eigenvalue weighted by Gasteiger charge is 2.30. The van der Waals surface area contributed by atoms with Gasteiger partial charge in [-0.25, -0.2) is 0 Å². The van der Waals surface area contributed by atoms with Crippen molar-refractivity contribution in [2.24, 2.45) is 5.92 Å². The Kier molecular flexibility index (Phi) is 8.69. The average molecular weight is 541 g/mol. The minimum Gasteiger partial charge on any atom is -0.489 e. The van der Waals surface area contributed by atoms with Gasteiger partial charge in [-0.05, 0) is 73.7 Å². The number of amides is 1. The van der Waals surface area contributed by atoms with Gasteiger partial charge >= 0.3 is 5.97 Å². The molecule has 1 saturated carbocycles. The van der Waals surface area contributed by atoms with E-state index in [0.29, 0.717) is 18.1 Å². The van der Waals surface area contributed by atoms with Gasteiger partial charge in [0, 0.05) is 28.7 Å². The van der Waals surface area contributed by atoms with Crippen LogP contribution in [0.15, 0.2) is 77.2 Å². The molecule has 3 N–H and O–H groups in total. The molecule has 1 aliphatic carbocycles. The molecule has 0 saturated heterocycles. The lowest BCUT2D eigenvalue weighted by molar-refractivity contribution is -0.136. The van der Waals surface area contributed by atoms with Gasteiger partial charge in [0.1, 0.15) is 23.7 Å². The average Bonchev–Trinajstić information content (AvgIpc) is 3.31. The van der Waals surface area contributed by atoms with E-state index in [0.717, 1.165) is 52.1 Å². The number of fused-ring (bicyclic) bond motifs is 1. The molecule has 40 heavy (non-hydrogen) atoms. The Bertz CT molecular complexity index is 1440. The van der Waals surface area contributed by atoms with Gasteiger partial charge in [-0.2, -0.15) is 0 Å². The second kappa shape index (κ2) is 12.7. The number of hydrogen-bond acceptors (Lipinski definition) is 5. The number of aliphatic carboxylic acids is 1. The van der Waals surface area contributed by atoms with Crippen molar-refractivity contribution < 1.29 is 23.8 Å². The van der Waals surface area contributed by atoms with Crippen molar-refractivity contribution in [2.75, 3.05) is 11.9 Å². The van der Waals surface area contributed by atoms with Gasteiger partial charge in [0.2, 0.25) is 0 Å². The lowest BCUT2D eigenvalue weighted by Crippen LogP contribution is -2.26. The van der Waals surface area contributed by atoms with E-state index in [9.17, 15) is 9.59 Å². The maximum Gasteiger partial charge on any atom is 0.305 e. The fourth-order valence-electron chi connectivity index (χ4n) is 5.49. The first-order chi connectivity index (χ1) is 19.5. The van der Waals surface area contributed by atoms with E-state index in [1.807, 2.05) is 42.5 Å². The molecule has 1 atom stereocenters. The third-order valence-electron chi connectivity index (χ3n) is 7.69. The number of carboxylic acids is 1. The lowest BCUT2D eigenvalue weighted by Gasteiger charge is -2.31. The summed E-state index contributed by atoms with van der Waals surface area (Å²) in [5.74, 6) is 0.963. The van der Waals surface area contributed by atoms with Crippen molar-refractivity contribution in [1.82, 2.24) is 5.32 Å². The summed E-state index contributed by atoms with van der Waals surface area (Å²) in [6.07, 6.45) is 5.82. The molecule has 1 unspecified atom stereocenters. The normalized spacial score (nSPS) is 14.5. The molecule has 0 bridgehead atoms. The third kappa shape index (κ3) is 6.65. The predicted molar refractivity (Wildman–Crippen MR) is 156 cm³/mol. The molecule has 208 valence electrons. The Morgan fingerprint density at radius 2 is 1.75 bits per heavy atom.